The summed E-state index contributed by atoms with van der Waals surface area (Å²) in [5, 5.41) is 8.11. The Morgan fingerprint density at radius 2 is 2.08 bits per heavy atom. The summed E-state index contributed by atoms with van der Waals surface area (Å²) in [5.74, 6) is 1.64. The minimum absolute atomic E-state index is 0.0155. The van der Waals surface area contributed by atoms with E-state index in [2.05, 4.69) is 34.4 Å². The molecule has 6 heteroatoms. The van der Waals surface area contributed by atoms with Crippen LogP contribution in [0.1, 0.15) is 48.5 Å². The first-order chi connectivity index (χ1) is 12.5. The number of carbonyl (C=O) groups excluding carboxylic acids is 1. The highest BCUT2D eigenvalue weighted by molar-refractivity contribution is 7.17. The first kappa shape index (κ1) is 19.5. The highest BCUT2D eigenvalue weighted by Crippen LogP contribution is 2.29. The zero-order valence-electron chi connectivity index (χ0n) is 16.0. The number of unbranched alkanes of at least 4 members (excludes halogenated alkanes) is 1. The van der Waals surface area contributed by atoms with Crippen molar-refractivity contribution in [2.75, 3.05) is 26.2 Å². The number of piperidine rings is 1. The molecule has 0 aromatic carbocycles. The number of rotatable bonds is 7. The van der Waals surface area contributed by atoms with Gasteiger partial charge >= 0.3 is 0 Å². The number of aryl methyl sites for hydroxylation is 1. The van der Waals surface area contributed by atoms with E-state index < -0.39 is 0 Å². The summed E-state index contributed by atoms with van der Waals surface area (Å²) < 4.78 is 0. The molecule has 3 rings (SSSR count). The Labute approximate surface area is 164 Å². The lowest BCUT2D eigenvalue weighted by molar-refractivity contribution is 0.0955. The molecule has 1 fully saturated rings. The second-order valence-corrected chi connectivity index (χ2v) is 9.39. The number of amides is 1. The van der Waals surface area contributed by atoms with Crippen LogP contribution in [-0.2, 0) is 0 Å². The van der Waals surface area contributed by atoms with Crippen molar-refractivity contribution in [1.82, 2.24) is 15.2 Å². The maximum absolute atomic E-state index is 12.5. The van der Waals surface area contributed by atoms with Crippen LogP contribution in [0.2, 0.25) is 0 Å². The SMILES string of the molecule is Cc1nc(-c2ccsc2)sc1C(=O)NCCCCN1C[C@H](C)C[C@H](C)C1. The van der Waals surface area contributed by atoms with Crippen molar-refractivity contribution in [1.29, 1.82) is 0 Å². The monoisotopic (exact) mass is 391 g/mol. The number of aromatic nitrogens is 1. The molecule has 1 aliphatic heterocycles. The molecule has 0 aliphatic carbocycles. The van der Waals surface area contributed by atoms with Crippen molar-refractivity contribution >= 4 is 28.6 Å². The molecule has 1 aliphatic rings. The van der Waals surface area contributed by atoms with Crippen LogP contribution in [0.3, 0.4) is 0 Å². The van der Waals surface area contributed by atoms with Gasteiger partial charge in [-0.3, -0.25) is 4.79 Å². The fourth-order valence-corrected chi connectivity index (χ4v) is 5.53. The minimum Gasteiger partial charge on any atom is -0.351 e. The molecule has 0 unspecified atom stereocenters. The molecule has 1 saturated heterocycles. The van der Waals surface area contributed by atoms with Gasteiger partial charge in [0, 0.05) is 30.6 Å². The average molecular weight is 392 g/mol. The van der Waals surface area contributed by atoms with E-state index in [1.165, 1.54) is 30.8 Å². The highest BCUT2D eigenvalue weighted by atomic mass is 32.1. The molecular formula is C20H29N3OS2. The molecule has 1 N–H and O–H groups in total. The Morgan fingerprint density at radius 1 is 1.31 bits per heavy atom. The molecule has 0 bridgehead atoms. The van der Waals surface area contributed by atoms with Gasteiger partial charge in [0.2, 0.25) is 0 Å². The fourth-order valence-electron chi connectivity index (χ4n) is 3.83. The molecule has 0 spiro atoms. The van der Waals surface area contributed by atoms with Gasteiger partial charge in [0.15, 0.2) is 0 Å². The van der Waals surface area contributed by atoms with Gasteiger partial charge in [-0.05, 0) is 56.0 Å². The van der Waals surface area contributed by atoms with Gasteiger partial charge in [-0.2, -0.15) is 11.3 Å². The Bertz CT molecular complexity index is 701. The smallest absolute Gasteiger partial charge is 0.263 e. The van der Waals surface area contributed by atoms with Crippen LogP contribution in [0.5, 0.6) is 0 Å². The second-order valence-electron chi connectivity index (χ2n) is 7.61. The third-order valence-corrected chi connectivity index (χ3v) is 6.79. The van der Waals surface area contributed by atoms with Gasteiger partial charge in [-0.25, -0.2) is 4.98 Å². The minimum atomic E-state index is 0.0155. The van der Waals surface area contributed by atoms with Gasteiger partial charge in [-0.15, -0.1) is 11.3 Å². The predicted molar refractivity (Wildman–Crippen MR) is 111 cm³/mol. The van der Waals surface area contributed by atoms with Crippen LogP contribution in [0.4, 0.5) is 0 Å². The van der Waals surface area contributed by atoms with Crippen LogP contribution in [0.15, 0.2) is 16.8 Å². The zero-order chi connectivity index (χ0) is 18.5. The maximum Gasteiger partial charge on any atom is 0.263 e. The first-order valence-electron chi connectivity index (χ1n) is 9.53. The molecule has 2 atom stereocenters. The molecule has 1 amide bonds. The fraction of sp³-hybridized carbons (Fsp3) is 0.600. The summed E-state index contributed by atoms with van der Waals surface area (Å²) in [7, 11) is 0. The Kier molecular flexibility index (Phi) is 6.84. The van der Waals surface area contributed by atoms with Crippen molar-refractivity contribution in [3.8, 4) is 10.6 Å². The number of nitrogens with zero attached hydrogens (tertiary/aromatic N) is 2. The first-order valence-corrected chi connectivity index (χ1v) is 11.3. The molecule has 3 heterocycles. The molecule has 4 nitrogen and oxygen atoms in total. The highest BCUT2D eigenvalue weighted by Gasteiger charge is 2.21. The molecule has 2 aromatic rings. The van der Waals surface area contributed by atoms with E-state index in [9.17, 15) is 4.79 Å². The molecule has 26 heavy (non-hydrogen) atoms. The lowest BCUT2D eigenvalue weighted by Crippen LogP contribution is -2.39. The molecule has 142 valence electrons. The van der Waals surface area contributed by atoms with E-state index in [0.29, 0.717) is 0 Å². The average Bonchev–Trinajstić information content (AvgIpc) is 3.22. The lowest BCUT2D eigenvalue weighted by Gasteiger charge is -2.34. The lowest BCUT2D eigenvalue weighted by atomic mass is 9.92. The summed E-state index contributed by atoms with van der Waals surface area (Å²) in [4.78, 5) is 20.3. The van der Waals surface area contributed by atoms with E-state index in [4.69, 9.17) is 0 Å². The van der Waals surface area contributed by atoms with Gasteiger partial charge in [-0.1, -0.05) is 13.8 Å². The number of nitrogens with one attached hydrogen (secondary N) is 1. The summed E-state index contributed by atoms with van der Waals surface area (Å²) in [6.07, 6.45) is 3.52. The molecule has 2 aromatic heterocycles. The normalized spacial score (nSPS) is 21.0. The van der Waals surface area contributed by atoms with Crippen LogP contribution < -0.4 is 5.32 Å². The predicted octanol–water partition coefficient (Wildman–Crippen LogP) is 4.67. The number of thiophene rings is 1. The molecular weight excluding hydrogens is 362 g/mol. The summed E-state index contributed by atoms with van der Waals surface area (Å²) >= 11 is 3.14. The third kappa shape index (κ3) is 5.15. The van der Waals surface area contributed by atoms with Crippen molar-refractivity contribution in [2.45, 2.75) is 40.0 Å². The van der Waals surface area contributed by atoms with Crippen molar-refractivity contribution in [2.24, 2.45) is 11.8 Å². The van der Waals surface area contributed by atoms with Crippen molar-refractivity contribution in [3.05, 3.63) is 27.4 Å². The van der Waals surface area contributed by atoms with Gasteiger partial charge in [0.05, 0.1) is 5.69 Å². The Morgan fingerprint density at radius 3 is 2.77 bits per heavy atom. The second kappa shape index (κ2) is 9.11. The largest absolute Gasteiger partial charge is 0.351 e. The van der Waals surface area contributed by atoms with Crippen LogP contribution in [0.25, 0.3) is 10.6 Å². The molecule has 0 saturated carbocycles. The quantitative estimate of drug-likeness (QED) is 0.698. The van der Waals surface area contributed by atoms with E-state index in [1.807, 2.05) is 18.4 Å². The third-order valence-electron chi connectivity index (χ3n) is 4.90. The van der Waals surface area contributed by atoms with Gasteiger partial charge in [0.1, 0.15) is 9.88 Å². The number of likely N-dealkylation sites (tertiary alicyclic amines) is 1. The summed E-state index contributed by atoms with van der Waals surface area (Å²) in [6.45, 7) is 11.0. The Hall–Kier alpha value is -1.24. The van der Waals surface area contributed by atoms with Crippen molar-refractivity contribution < 1.29 is 4.79 Å². The number of hydrogen-bond donors (Lipinski definition) is 1. The van der Waals surface area contributed by atoms with Crippen LogP contribution in [-0.4, -0.2) is 42.0 Å². The van der Waals surface area contributed by atoms with E-state index in [0.717, 1.165) is 58.9 Å². The van der Waals surface area contributed by atoms with Crippen molar-refractivity contribution in [3.63, 3.8) is 0 Å². The van der Waals surface area contributed by atoms with Crippen LogP contribution >= 0.6 is 22.7 Å². The Balaban J connectivity index is 1.41. The summed E-state index contributed by atoms with van der Waals surface area (Å²) in [6, 6.07) is 2.05. The molecule has 0 radical (unpaired) electrons. The number of carbonyl (C=O) groups is 1. The van der Waals surface area contributed by atoms with E-state index in [-0.39, 0.29) is 5.91 Å². The van der Waals surface area contributed by atoms with E-state index >= 15 is 0 Å². The van der Waals surface area contributed by atoms with Gasteiger partial charge in [0.25, 0.3) is 5.91 Å². The topological polar surface area (TPSA) is 45.2 Å². The van der Waals surface area contributed by atoms with Crippen LogP contribution in [0, 0.1) is 18.8 Å². The maximum atomic E-state index is 12.5. The van der Waals surface area contributed by atoms with Gasteiger partial charge < -0.3 is 10.2 Å². The van der Waals surface area contributed by atoms with E-state index in [1.54, 1.807) is 11.3 Å². The summed E-state index contributed by atoms with van der Waals surface area (Å²) in [5.41, 5.74) is 1.93. The number of hydrogen-bond acceptors (Lipinski definition) is 5. The number of thiazole rings is 1. The standard InChI is InChI=1S/C20H29N3OS2/c1-14-10-15(2)12-23(11-14)8-5-4-7-21-19(24)18-16(3)22-20(26-18)17-6-9-25-13-17/h6,9,13-15H,4-5,7-8,10-12H2,1-3H3,(H,21,24)/t14-,15+. The zero-order valence-corrected chi connectivity index (χ0v) is 17.6.